The quantitative estimate of drug-likeness (QED) is 0.346. The van der Waals surface area contributed by atoms with E-state index in [0.717, 1.165) is 12.8 Å². The van der Waals surface area contributed by atoms with Crippen LogP contribution in [0.5, 0.6) is 0 Å². The highest BCUT2D eigenvalue weighted by atomic mass is 19.4. The van der Waals surface area contributed by atoms with Crippen LogP contribution in [0.4, 0.5) is 30.7 Å². The van der Waals surface area contributed by atoms with Gasteiger partial charge in [0.1, 0.15) is 12.3 Å². The number of hydrogen-bond acceptors (Lipinski definition) is 2. The van der Waals surface area contributed by atoms with Gasteiger partial charge in [-0.2, -0.15) is 8.78 Å². The van der Waals surface area contributed by atoms with Gasteiger partial charge in [0.05, 0.1) is 18.1 Å². The van der Waals surface area contributed by atoms with Crippen LogP contribution in [-0.4, -0.2) is 37.0 Å². The molecule has 0 aromatic carbocycles. The van der Waals surface area contributed by atoms with Gasteiger partial charge in [-0.25, -0.2) is 8.78 Å². The summed E-state index contributed by atoms with van der Waals surface area (Å²) in [7, 11) is 0. The Kier molecular flexibility index (Phi) is 8.19. The van der Waals surface area contributed by atoms with Crippen molar-refractivity contribution in [1.29, 1.82) is 0 Å². The summed E-state index contributed by atoms with van der Waals surface area (Å²) >= 11 is 0. The molecule has 0 saturated heterocycles. The average Bonchev–Trinajstić information content (AvgIpc) is 2.56. The van der Waals surface area contributed by atoms with E-state index in [9.17, 15) is 30.7 Å². The first-order valence-electron chi connectivity index (χ1n) is 9.71. The van der Waals surface area contributed by atoms with Crippen LogP contribution < -0.4 is 0 Å². The molecule has 2 saturated carbocycles. The van der Waals surface area contributed by atoms with Crippen LogP contribution in [0, 0.1) is 11.8 Å². The fourth-order valence-corrected chi connectivity index (χ4v) is 4.11. The summed E-state index contributed by atoms with van der Waals surface area (Å²) in [6, 6.07) is 0. The number of halogens is 7. The molecule has 6 unspecified atom stereocenters. The normalized spacial score (nSPS) is 35.4. The molecule has 2 rings (SSSR count). The molecule has 0 heterocycles. The van der Waals surface area contributed by atoms with Gasteiger partial charge < -0.3 is 4.74 Å². The molecule has 2 aliphatic rings. The Morgan fingerprint density at radius 3 is 2.18 bits per heavy atom. The van der Waals surface area contributed by atoms with E-state index in [-0.39, 0.29) is 25.2 Å². The molecule has 28 heavy (non-hydrogen) atoms. The highest BCUT2D eigenvalue weighted by molar-refractivity contribution is 4.89. The fraction of sp³-hybridized carbons (Fsp3) is 0.895. The third-order valence-electron chi connectivity index (χ3n) is 5.56. The molecule has 2 aliphatic carbocycles. The lowest BCUT2D eigenvalue weighted by molar-refractivity contribution is -0.358. The van der Waals surface area contributed by atoms with Crippen LogP contribution in [0.25, 0.3) is 0 Å². The molecule has 6 atom stereocenters. The summed E-state index contributed by atoms with van der Waals surface area (Å²) in [5, 5.41) is 0. The maximum absolute atomic E-state index is 14.5. The zero-order valence-corrected chi connectivity index (χ0v) is 15.7. The predicted octanol–water partition coefficient (Wildman–Crippen LogP) is 6.50. The van der Waals surface area contributed by atoms with Gasteiger partial charge in [-0.15, -0.1) is 13.2 Å². The molecule has 0 aromatic rings. The van der Waals surface area contributed by atoms with Crippen LogP contribution in [0.15, 0.2) is 12.2 Å². The Morgan fingerprint density at radius 1 is 0.893 bits per heavy atom. The molecule has 0 amide bonds. The van der Waals surface area contributed by atoms with Gasteiger partial charge >= 0.3 is 12.5 Å². The van der Waals surface area contributed by atoms with E-state index in [4.69, 9.17) is 4.74 Å². The topological polar surface area (TPSA) is 18.5 Å². The SMILES string of the molecule is C/C=C/CCC1CCC(C(F)(F)OC2CCC(OC(F)(F)F)C(F)C2)C(F)C1. The van der Waals surface area contributed by atoms with Gasteiger partial charge in [0, 0.05) is 6.42 Å². The second-order valence-corrected chi connectivity index (χ2v) is 7.68. The second-order valence-electron chi connectivity index (χ2n) is 7.68. The number of ether oxygens (including phenoxy) is 2. The first-order chi connectivity index (χ1) is 13.0. The molecule has 0 aromatic heterocycles. The number of hydrogen-bond donors (Lipinski definition) is 0. The zero-order valence-electron chi connectivity index (χ0n) is 15.7. The van der Waals surface area contributed by atoms with Crippen LogP contribution in [0.3, 0.4) is 0 Å². The molecule has 164 valence electrons. The van der Waals surface area contributed by atoms with E-state index < -0.39 is 55.8 Å². The van der Waals surface area contributed by atoms with Crippen LogP contribution >= 0.6 is 0 Å². The lowest BCUT2D eigenvalue weighted by atomic mass is 9.78. The third kappa shape index (κ3) is 6.90. The summed E-state index contributed by atoms with van der Waals surface area (Å²) in [6.45, 7) is 1.87. The third-order valence-corrected chi connectivity index (χ3v) is 5.56. The molecule has 0 radical (unpaired) electrons. The van der Waals surface area contributed by atoms with Crippen LogP contribution in [0.2, 0.25) is 0 Å². The molecular formula is C19H27F7O2. The van der Waals surface area contributed by atoms with E-state index in [2.05, 4.69) is 4.74 Å². The number of alkyl halides is 7. The number of allylic oxidation sites excluding steroid dienone is 2. The molecule has 9 heteroatoms. The van der Waals surface area contributed by atoms with Gasteiger partial charge in [-0.1, -0.05) is 12.2 Å². The Hall–Kier alpha value is -0.830. The van der Waals surface area contributed by atoms with Gasteiger partial charge in [0.25, 0.3) is 0 Å². The van der Waals surface area contributed by atoms with Gasteiger partial charge in [0.15, 0.2) is 0 Å². The lowest BCUT2D eigenvalue weighted by Crippen LogP contribution is -2.46. The summed E-state index contributed by atoms with van der Waals surface area (Å²) in [6.07, 6.45) is -11.0. The van der Waals surface area contributed by atoms with Crippen molar-refractivity contribution >= 4 is 0 Å². The summed E-state index contributed by atoms with van der Waals surface area (Å²) in [5.74, 6) is -1.59. The zero-order chi connectivity index (χ0) is 20.9. The summed E-state index contributed by atoms with van der Waals surface area (Å²) < 4.78 is 102. The van der Waals surface area contributed by atoms with Crippen molar-refractivity contribution in [2.45, 2.75) is 95.3 Å². The average molecular weight is 420 g/mol. The van der Waals surface area contributed by atoms with Crippen LogP contribution in [0.1, 0.15) is 58.3 Å². The van der Waals surface area contributed by atoms with Crippen molar-refractivity contribution in [3.05, 3.63) is 12.2 Å². The van der Waals surface area contributed by atoms with E-state index in [1.807, 2.05) is 19.1 Å². The number of rotatable bonds is 7. The highest BCUT2D eigenvalue weighted by Gasteiger charge is 2.51. The second kappa shape index (κ2) is 9.78. The van der Waals surface area contributed by atoms with Crippen molar-refractivity contribution in [3.63, 3.8) is 0 Å². The largest absolute Gasteiger partial charge is 0.522 e. The monoisotopic (exact) mass is 420 g/mol. The molecule has 0 aliphatic heterocycles. The fourth-order valence-electron chi connectivity index (χ4n) is 4.11. The molecular weight excluding hydrogens is 393 g/mol. The summed E-state index contributed by atoms with van der Waals surface area (Å²) in [5.41, 5.74) is 0. The standard InChI is InChI=1S/C19H27F7O2/c1-2-3-4-5-12-6-8-14(15(20)10-12)18(22,23)27-13-7-9-17(16(21)11-13)28-19(24,25)26/h2-3,12-17H,4-11H2,1H3/b3-2+. The van der Waals surface area contributed by atoms with Crippen molar-refractivity contribution < 1.29 is 40.2 Å². The molecule has 2 fully saturated rings. The molecule has 0 N–H and O–H groups in total. The van der Waals surface area contributed by atoms with E-state index in [0.29, 0.717) is 6.42 Å². The van der Waals surface area contributed by atoms with Gasteiger partial charge in [0.2, 0.25) is 0 Å². The maximum Gasteiger partial charge on any atom is 0.522 e. The minimum Gasteiger partial charge on any atom is -0.317 e. The first kappa shape index (κ1) is 23.4. The van der Waals surface area contributed by atoms with E-state index in [1.165, 1.54) is 0 Å². The minimum atomic E-state index is -4.99. The maximum atomic E-state index is 14.5. The molecule has 0 spiro atoms. The lowest BCUT2D eigenvalue weighted by Gasteiger charge is -2.39. The van der Waals surface area contributed by atoms with Crippen molar-refractivity contribution in [2.75, 3.05) is 0 Å². The highest BCUT2D eigenvalue weighted by Crippen LogP contribution is 2.44. The van der Waals surface area contributed by atoms with Crippen LogP contribution in [-0.2, 0) is 9.47 Å². The first-order valence-corrected chi connectivity index (χ1v) is 9.71. The summed E-state index contributed by atoms with van der Waals surface area (Å²) in [4.78, 5) is 0. The van der Waals surface area contributed by atoms with E-state index >= 15 is 0 Å². The van der Waals surface area contributed by atoms with Gasteiger partial charge in [-0.3, -0.25) is 4.74 Å². The Balaban J connectivity index is 1.85. The van der Waals surface area contributed by atoms with Crippen molar-refractivity contribution in [1.82, 2.24) is 0 Å². The van der Waals surface area contributed by atoms with E-state index in [1.54, 1.807) is 0 Å². The van der Waals surface area contributed by atoms with Crippen molar-refractivity contribution in [2.24, 2.45) is 11.8 Å². The van der Waals surface area contributed by atoms with Crippen molar-refractivity contribution in [3.8, 4) is 0 Å². The smallest absolute Gasteiger partial charge is 0.317 e. The minimum absolute atomic E-state index is 0.0269. The predicted molar refractivity (Wildman–Crippen MR) is 89.3 cm³/mol. The Morgan fingerprint density at radius 2 is 1.61 bits per heavy atom. The Labute approximate surface area is 160 Å². The van der Waals surface area contributed by atoms with Gasteiger partial charge in [-0.05, 0) is 57.8 Å². The molecule has 2 nitrogen and oxygen atoms in total. The Bertz CT molecular complexity index is 509. The molecule has 0 bridgehead atoms.